The van der Waals surface area contributed by atoms with E-state index in [-0.39, 0.29) is 12.0 Å². The molecule has 112 valence electrons. The van der Waals surface area contributed by atoms with Gasteiger partial charge in [0.25, 0.3) is 0 Å². The van der Waals surface area contributed by atoms with Crippen LogP contribution in [0.2, 0.25) is 0 Å². The zero-order valence-electron chi connectivity index (χ0n) is 12.6. The molecule has 2 N–H and O–H groups in total. The second kappa shape index (κ2) is 8.51. The van der Waals surface area contributed by atoms with Gasteiger partial charge in [-0.2, -0.15) is 0 Å². The Labute approximate surface area is 117 Å². The maximum atomic E-state index is 12.1. The minimum Gasteiger partial charge on any atom is -0.380 e. The summed E-state index contributed by atoms with van der Waals surface area (Å²) in [7, 11) is 1.61. The third-order valence-electron chi connectivity index (χ3n) is 4.14. The van der Waals surface area contributed by atoms with Gasteiger partial charge in [-0.25, -0.2) is 0 Å². The highest BCUT2D eigenvalue weighted by Gasteiger charge is 2.26. The highest BCUT2D eigenvalue weighted by molar-refractivity contribution is 5.76. The summed E-state index contributed by atoms with van der Waals surface area (Å²) in [6, 6.07) is 0.631. The lowest BCUT2D eigenvalue weighted by Gasteiger charge is -2.38. The van der Waals surface area contributed by atoms with Gasteiger partial charge in [-0.3, -0.25) is 4.79 Å². The van der Waals surface area contributed by atoms with Gasteiger partial charge in [-0.15, -0.1) is 0 Å². The Morgan fingerprint density at radius 3 is 2.37 bits per heavy atom. The van der Waals surface area contributed by atoms with Gasteiger partial charge in [0.05, 0.1) is 12.5 Å². The molecule has 1 aliphatic heterocycles. The van der Waals surface area contributed by atoms with Crippen molar-refractivity contribution in [3.05, 3.63) is 0 Å². The third kappa shape index (κ3) is 4.75. The van der Waals surface area contributed by atoms with Gasteiger partial charge in [0.1, 0.15) is 0 Å². The fraction of sp³-hybridized carbons (Fsp3) is 0.929. The zero-order chi connectivity index (χ0) is 14.3. The lowest BCUT2D eigenvalue weighted by Crippen LogP contribution is -2.47. The largest absolute Gasteiger partial charge is 0.380 e. The number of rotatable bonds is 7. The van der Waals surface area contributed by atoms with Gasteiger partial charge in [0.2, 0.25) is 5.91 Å². The van der Waals surface area contributed by atoms with Gasteiger partial charge in [0, 0.05) is 32.8 Å². The number of methoxy groups -OCH3 is 1. The first kappa shape index (κ1) is 16.4. The Morgan fingerprint density at radius 1 is 1.37 bits per heavy atom. The van der Waals surface area contributed by atoms with Crippen molar-refractivity contribution in [3.63, 3.8) is 0 Å². The van der Waals surface area contributed by atoms with E-state index < -0.39 is 0 Å². The van der Waals surface area contributed by atoms with Crippen molar-refractivity contribution in [2.24, 2.45) is 5.73 Å². The minimum atomic E-state index is -0.145. The van der Waals surface area contributed by atoms with E-state index in [1.807, 2.05) is 4.90 Å². The van der Waals surface area contributed by atoms with Crippen LogP contribution >= 0.6 is 0 Å². The fourth-order valence-electron chi connectivity index (χ4n) is 2.81. The van der Waals surface area contributed by atoms with Gasteiger partial charge in [-0.05, 0) is 25.9 Å². The molecule has 5 heteroatoms. The molecule has 1 rings (SSSR count). The van der Waals surface area contributed by atoms with Crippen LogP contribution in [0.25, 0.3) is 0 Å². The average molecular weight is 271 g/mol. The maximum absolute atomic E-state index is 12.1. The SMILES string of the molecule is CCN(CC)C1CCN(C(=O)CC(CN)OC)CC1. The van der Waals surface area contributed by atoms with E-state index >= 15 is 0 Å². The van der Waals surface area contributed by atoms with E-state index in [1.165, 1.54) is 0 Å². The van der Waals surface area contributed by atoms with Gasteiger partial charge >= 0.3 is 0 Å². The number of nitrogens with two attached hydrogens (primary N) is 1. The van der Waals surface area contributed by atoms with Crippen molar-refractivity contribution < 1.29 is 9.53 Å². The van der Waals surface area contributed by atoms with E-state index in [9.17, 15) is 4.79 Å². The van der Waals surface area contributed by atoms with Crippen LogP contribution < -0.4 is 5.73 Å². The molecule has 0 bridgehead atoms. The molecule has 0 spiro atoms. The Bertz CT molecular complexity index is 257. The summed E-state index contributed by atoms with van der Waals surface area (Å²) in [6.07, 6.45) is 2.41. The van der Waals surface area contributed by atoms with Crippen molar-refractivity contribution in [3.8, 4) is 0 Å². The van der Waals surface area contributed by atoms with E-state index in [0.717, 1.165) is 39.0 Å². The van der Waals surface area contributed by atoms with Gasteiger partial charge < -0.3 is 20.3 Å². The van der Waals surface area contributed by atoms with E-state index in [0.29, 0.717) is 19.0 Å². The van der Waals surface area contributed by atoms with Crippen molar-refractivity contribution in [1.29, 1.82) is 0 Å². The topological polar surface area (TPSA) is 58.8 Å². The Balaban J connectivity index is 2.38. The molecule has 1 aliphatic rings. The summed E-state index contributed by atoms with van der Waals surface area (Å²) in [6.45, 7) is 8.71. The molecule has 5 nitrogen and oxygen atoms in total. The van der Waals surface area contributed by atoms with Crippen LogP contribution in [0.5, 0.6) is 0 Å². The number of amides is 1. The van der Waals surface area contributed by atoms with Gasteiger partial charge in [0.15, 0.2) is 0 Å². The van der Waals surface area contributed by atoms with Crippen LogP contribution in [0.4, 0.5) is 0 Å². The number of nitrogens with zero attached hydrogens (tertiary/aromatic N) is 2. The second-order valence-electron chi connectivity index (χ2n) is 5.13. The Hall–Kier alpha value is -0.650. The summed E-state index contributed by atoms with van der Waals surface area (Å²) in [5.41, 5.74) is 5.56. The van der Waals surface area contributed by atoms with Crippen molar-refractivity contribution in [1.82, 2.24) is 9.80 Å². The Morgan fingerprint density at radius 2 is 1.95 bits per heavy atom. The molecule has 1 heterocycles. The lowest BCUT2D eigenvalue weighted by atomic mass is 10.0. The first-order chi connectivity index (χ1) is 9.15. The summed E-state index contributed by atoms with van der Waals surface area (Å²) < 4.78 is 5.17. The summed E-state index contributed by atoms with van der Waals surface area (Å²) in [4.78, 5) is 16.6. The maximum Gasteiger partial charge on any atom is 0.225 e. The van der Waals surface area contributed by atoms with Gasteiger partial charge in [-0.1, -0.05) is 13.8 Å². The van der Waals surface area contributed by atoms with E-state index in [4.69, 9.17) is 10.5 Å². The third-order valence-corrected chi connectivity index (χ3v) is 4.14. The molecule has 1 atom stereocenters. The van der Waals surface area contributed by atoms with E-state index in [1.54, 1.807) is 7.11 Å². The molecule has 0 aromatic carbocycles. The first-order valence-electron chi connectivity index (χ1n) is 7.40. The van der Waals surface area contributed by atoms with Crippen LogP contribution in [0.1, 0.15) is 33.1 Å². The minimum absolute atomic E-state index is 0.145. The monoisotopic (exact) mass is 271 g/mol. The predicted molar refractivity (Wildman–Crippen MR) is 77.0 cm³/mol. The molecule has 1 fully saturated rings. The molecule has 1 unspecified atom stereocenters. The van der Waals surface area contributed by atoms with Crippen molar-refractivity contribution in [2.45, 2.75) is 45.3 Å². The summed E-state index contributed by atoms with van der Waals surface area (Å²) >= 11 is 0. The number of hydrogen-bond donors (Lipinski definition) is 1. The predicted octanol–water partition coefficient (Wildman–Crippen LogP) is 0.683. The number of carbonyl (C=O) groups excluding carboxylic acids is 1. The van der Waals surface area contributed by atoms with Crippen molar-refractivity contribution in [2.75, 3.05) is 39.8 Å². The van der Waals surface area contributed by atoms with E-state index in [2.05, 4.69) is 18.7 Å². The number of likely N-dealkylation sites (tertiary alicyclic amines) is 1. The smallest absolute Gasteiger partial charge is 0.225 e. The molecule has 1 amide bonds. The van der Waals surface area contributed by atoms with Crippen LogP contribution in [0.15, 0.2) is 0 Å². The van der Waals surface area contributed by atoms with Crippen LogP contribution in [-0.4, -0.2) is 67.7 Å². The molecule has 19 heavy (non-hydrogen) atoms. The molecule has 0 aromatic rings. The molecule has 0 aromatic heterocycles. The van der Waals surface area contributed by atoms with Crippen molar-refractivity contribution >= 4 is 5.91 Å². The number of ether oxygens (including phenoxy) is 1. The summed E-state index contributed by atoms with van der Waals surface area (Å²) in [5, 5.41) is 0. The highest BCUT2D eigenvalue weighted by Crippen LogP contribution is 2.17. The summed E-state index contributed by atoms with van der Waals surface area (Å²) in [5.74, 6) is 0.176. The molecule has 0 radical (unpaired) electrons. The molecular weight excluding hydrogens is 242 g/mol. The average Bonchev–Trinajstić information content (AvgIpc) is 2.46. The van der Waals surface area contributed by atoms with Crippen LogP contribution in [0, 0.1) is 0 Å². The van der Waals surface area contributed by atoms with Crippen LogP contribution in [0.3, 0.4) is 0 Å². The number of carbonyl (C=O) groups is 1. The number of hydrogen-bond acceptors (Lipinski definition) is 4. The fourth-order valence-corrected chi connectivity index (χ4v) is 2.81. The lowest BCUT2D eigenvalue weighted by molar-refractivity contribution is -0.135. The standard InChI is InChI=1S/C14H29N3O2/c1-4-16(5-2)12-6-8-17(9-7-12)14(18)10-13(11-15)19-3/h12-13H,4-11,15H2,1-3H3. The quantitative estimate of drug-likeness (QED) is 0.740. The second-order valence-corrected chi connectivity index (χ2v) is 5.13. The number of piperidine rings is 1. The van der Waals surface area contributed by atoms with Crippen LogP contribution in [-0.2, 0) is 9.53 Å². The normalized spacial score (nSPS) is 18.9. The molecule has 1 saturated heterocycles. The molecule has 0 saturated carbocycles. The first-order valence-corrected chi connectivity index (χ1v) is 7.40. The highest BCUT2D eigenvalue weighted by atomic mass is 16.5. The Kier molecular flexibility index (Phi) is 7.34. The zero-order valence-corrected chi connectivity index (χ0v) is 12.6. The molecule has 0 aliphatic carbocycles. The molecular formula is C14H29N3O2.